The Morgan fingerprint density at radius 1 is 1.62 bits per heavy atom. The Morgan fingerprint density at radius 3 is 2.54 bits per heavy atom. The van der Waals surface area contributed by atoms with Crippen LogP contribution < -0.4 is 0 Å². The lowest BCUT2D eigenvalue weighted by atomic mass is 10.2. The Balaban J connectivity index is 4.12. The Bertz CT molecular complexity index is 255. The Labute approximate surface area is 80.0 Å². The lowest BCUT2D eigenvalue weighted by molar-refractivity contribution is -0.139. The monoisotopic (exact) mass is 203 g/mol. The summed E-state index contributed by atoms with van der Waals surface area (Å²) in [5.41, 5.74) is 0. The van der Waals surface area contributed by atoms with Crippen LogP contribution in [0.15, 0.2) is 0 Å². The SMILES string of the molecule is CC(C)(C(=O)O)S(=O)CCCC#N. The second-order valence-electron chi connectivity index (χ2n) is 3.13. The zero-order chi connectivity index (χ0) is 10.5. The molecule has 1 atom stereocenters. The van der Waals surface area contributed by atoms with E-state index in [2.05, 4.69) is 0 Å². The highest BCUT2D eigenvalue weighted by Crippen LogP contribution is 2.14. The Morgan fingerprint density at radius 2 is 2.15 bits per heavy atom. The molecular weight excluding hydrogens is 190 g/mol. The number of carboxylic acid groups (broad SMARTS) is 1. The van der Waals surface area contributed by atoms with E-state index in [-0.39, 0.29) is 5.75 Å². The van der Waals surface area contributed by atoms with Gasteiger partial charge in [0.1, 0.15) is 4.75 Å². The number of nitriles is 1. The standard InChI is InChI=1S/C8H13NO3S/c1-8(2,7(10)11)13(12)6-4-3-5-9/h3-4,6H2,1-2H3,(H,10,11). The van der Waals surface area contributed by atoms with E-state index in [0.29, 0.717) is 12.8 Å². The van der Waals surface area contributed by atoms with Gasteiger partial charge in [-0.2, -0.15) is 5.26 Å². The van der Waals surface area contributed by atoms with Crippen molar-refractivity contribution in [1.29, 1.82) is 5.26 Å². The molecule has 0 spiro atoms. The van der Waals surface area contributed by atoms with Crippen LogP contribution in [0.3, 0.4) is 0 Å². The van der Waals surface area contributed by atoms with E-state index in [9.17, 15) is 9.00 Å². The molecule has 0 fully saturated rings. The maximum atomic E-state index is 11.4. The van der Waals surface area contributed by atoms with Gasteiger partial charge < -0.3 is 5.11 Å². The first-order chi connectivity index (χ1) is 5.92. The molecule has 0 aromatic rings. The molecule has 74 valence electrons. The summed E-state index contributed by atoms with van der Waals surface area (Å²) in [6.45, 7) is 2.86. The van der Waals surface area contributed by atoms with Gasteiger partial charge in [-0.1, -0.05) is 0 Å². The van der Waals surface area contributed by atoms with E-state index in [0.717, 1.165) is 0 Å². The molecule has 0 aliphatic heterocycles. The summed E-state index contributed by atoms with van der Waals surface area (Å²) in [6.07, 6.45) is 0.807. The molecule has 1 unspecified atom stereocenters. The minimum Gasteiger partial charge on any atom is -0.480 e. The molecule has 5 heteroatoms. The van der Waals surface area contributed by atoms with E-state index >= 15 is 0 Å². The number of carboxylic acids is 1. The fourth-order valence-corrected chi connectivity index (χ4v) is 1.75. The van der Waals surface area contributed by atoms with Crippen LogP contribution >= 0.6 is 0 Å². The Hall–Kier alpha value is -0.890. The number of rotatable bonds is 5. The molecule has 0 aromatic heterocycles. The third kappa shape index (κ3) is 3.55. The molecule has 0 rings (SSSR count). The van der Waals surface area contributed by atoms with Crippen molar-refractivity contribution >= 4 is 16.8 Å². The molecule has 0 heterocycles. The van der Waals surface area contributed by atoms with E-state index in [1.165, 1.54) is 13.8 Å². The highest BCUT2D eigenvalue weighted by molar-refractivity contribution is 7.87. The lowest BCUT2D eigenvalue weighted by Crippen LogP contribution is -2.37. The predicted octanol–water partition coefficient (Wildman–Crippen LogP) is 0.902. The lowest BCUT2D eigenvalue weighted by Gasteiger charge is -2.17. The molecule has 0 aliphatic rings. The minimum absolute atomic E-state index is 0.271. The largest absolute Gasteiger partial charge is 0.480 e. The van der Waals surface area contributed by atoms with Crippen LogP contribution in [0.2, 0.25) is 0 Å². The number of hydrogen-bond donors (Lipinski definition) is 1. The summed E-state index contributed by atoms with van der Waals surface area (Å²) in [5, 5.41) is 16.9. The average Bonchev–Trinajstić information content (AvgIpc) is 2.04. The molecule has 0 saturated heterocycles. The summed E-state index contributed by atoms with van der Waals surface area (Å²) < 4.78 is 10.2. The van der Waals surface area contributed by atoms with Gasteiger partial charge in [-0.05, 0) is 20.3 Å². The van der Waals surface area contributed by atoms with E-state index in [1.54, 1.807) is 0 Å². The number of unbranched alkanes of at least 4 members (excludes halogenated alkanes) is 1. The summed E-state index contributed by atoms with van der Waals surface area (Å²) >= 11 is 0. The summed E-state index contributed by atoms with van der Waals surface area (Å²) in [6, 6.07) is 1.92. The molecule has 13 heavy (non-hydrogen) atoms. The topological polar surface area (TPSA) is 78.2 Å². The number of nitrogens with zero attached hydrogens (tertiary/aromatic N) is 1. The van der Waals surface area contributed by atoms with Crippen LogP contribution in [0.1, 0.15) is 26.7 Å². The van der Waals surface area contributed by atoms with Crippen LogP contribution in [0, 0.1) is 11.3 Å². The van der Waals surface area contributed by atoms with Crippen molar-refractivity contribution < 1.29 is 14.1 Å². The second kappa shape index (κ2) is 4.97. The van der Waals surface area contributed by atoms with Gasteiger partial charge in [0.2, 0.25) is 0 Å². The molecule has 0 saturated carbocycles. The zero-order valence-corrected chi connectivity index (χ0v) is 8.56. The highest BCUT2D eigenvalue weighted by Gasteiger charge is 2.33. The van der Waals surface area contributed by atoms with Crippen LogP contribution in [0.5, 0.6) is 0 Å². The summed E-state index contributed by atoms with van der Waals surface area (Å²) in [7, 11) is -1.41. The van der Waals surface area contributed by atoms with Gasteiger partial charge in [-0.15, -0.1) is 0 Å². The molecule has 4 nitrogen and oxygen atoms in total. The number of aliphatic carboxylic acids is 1. The van der Waals surface area contributed by atoms with E-state index < -0.39 is 21.5 Å². The third-order valence-electron chi connectivity index (χ3n) is 1.70. The van der Waals surface area contributed by atoms with Crippen LogP contribution in [0.25, 0.3) is 0 Å². The van der Waals surface area contributed by atoms with Crippen molar-refractivity contribution in [3.8, 4) is 6.07 Å². The quantitative estimate of drug-likeness (QED) is 0.673. The maximum Gasteiger partial charge on any atom is 0.321 e. The molecular formula is C8H13NO3S. The van der Waals surface area contributed by atoms with Crippen molar-refractivity contribution in [3.63, 3.8) is 0 Å². The van der Waals surface area contributed by atoms with Crippen molar-refractivity contribution in [2.75, 3.05) is 5.75 Å². The smallest absolute Gasteiger partial charge is 0.321 e. The van der Waals surface area contributed by atoms with Crippen molar-refractivity contribution in [2.24, 2.45) is 0 Å². The fourth-order valence-electron chi connectivity index (χ4n) is 0.635. The highest BCUT2D eigenvalue weighted by atomic mass is 32.2. The van der Waals surface area contributed by atoms with Gasteiger partial charge in [0.05, 0.1) is 6.07 Å². The van der Waals surface area contributed by atoms with E-state index in [1.807, 2.05) is 6.07 Å². The van der Waals surface area contributed by atoms with Crippen molar-refractivity contribution in [1.82, 2.24) is 0 Å². The van der Waals surface area contributed by atoms with Gasteiger partial charge >= 0.3 is 5.97 Å². The van der Waals surface area contributed by atoms with Crippen molar-refractivity contribution in [2.45, 2.75) is 31.4 Å². The number of carbonyl (C=O) groups is 1. The molecule has 0 aromatic carbocycles. The molecule has 0 amide bonds. The maximum absolute atomic E-state index is 11.4. The first-order valence-electron chi connectivity index (χ1n) is 3.91. The third-order valence-corrected chi connectivity index (χ3v) is 3.67. The predicted molar refractivity (Wildman–Crippen MR) is 49.6 cm³/mol. The average molecular weight is 203 g/mol. The molecule has 0 aliphatic carbocycles. The minimum atomic E-state index is -1.41. The molecule has 0 radical (unpaired) electrons. The van der Waals surface area contributed by atoms with Gasteiger partial charge in [0.15, 0.2) is 0 Å². The molecule has 0 bridgehead atoms. The number of hydrogen-bond acceptors (Lipinski definition) is 3. The first-order valence-corrected chi connectivity index (χ1v) is 5.23. The zero-order valence-electron chi connectivity index (χ0n) is 7.74. The van der Waals surface area contributed by atoms with Crippen LogP contribution in [-0.2, 0) is 15.6 Å². The first kappa shape index (κ1) is 12.1. The fraction of sp³-hybridized carbons (Fsp3) is 0.750. The van der Waals surface area contributed by atoms with E-state index in [4.69, 9.17) is 10.4 Å². The molecule has 1 N–H and O–H groups in total. The van der Waals surface area contributed by atoms with Crippen LogP contribution in [0.4, 0.5) is 0 Å². The van der Waals surface area contributed by atoms with Gasteiger partial charge in [-0.3, -0.25) is 9.00 Å². The summed E-state index contributed by atoms with van der Waals surface area (Å²) in [4.78, 5) is 10.6. The van der Waals surface area contributed by atoms with Crippen molar-refractivity contribution in [3.05, 3.63) is 0 Å². The summed E-state index contributed by atoms with van der Waals surface area (Å²) in [5.74, 6) is -0.796. The van der Waals surface area contributed by atoms with Gasteiger partial charge in [0.25, 0.3) is 0 Å². The normalized spacial score (nSPS) is 13.3. The Kier molecular flexibility index (Phi) is 4.63. The van der Waals surface area contributed by atoms with Gasteiger partial charge in [0, 0.05) is 23.0 Å². The van der Waals surface area contributed by atoms with Crippen LogP contribution in [-0.4, -0.2) is 25.8 Å². The second-order valence-corrected chi connectivity index (χ2v) is 5.25. The van der Waals surface area contributed by atoms with Gasteiger partial charge in [-0.25, -0.2) is 0 Å².